The molecule has 0 saturated carbocycles. The highest BCUT2D eigenvalue weighted by atomic mass is 35.5. The van der Waals surface area contributed by atoms with Crippen molar-refractivity contribution >= 4 is 69.2 Å². The molecular formula is C24H21ClN2O6S2. The molecule has 1 amide bonds. The van der Waals surface area contributed by atoms with Crippen molar-refractivity contribution in [3.05, 3.63) is 69.3 Å². The van der Waals surface area contributed by atoms with Crippen LogP contribution >= 0.6 is 35.2 Å². The van der Waals surface area contributed by atoms with Gasteiger partial charge in [-0.1, -0.05) is 11.6 Å². The predicted molar refractivity (Wildman–Crippen MR) is 139 cm³/mol. The van der Waals surface area contributed by atoms with Crippen LogP contribution in [0.15, 0.2) is 46.9 Å². The summed E-state index contributed by atoms with van der Waals surface area (Å²) in [7, 11) is 1.24. The zero-order chi connectivity index (χ0) is 25.5. The Hall–Kier alpha value is -3.47. The first kappa shape index (κ1) is 26.1. The molecule has 0 radical (unpaired) electrons. The fourth-order valence-corrected chi connectivity index (χ4v) is 4.51. The summed E-state index contributed by atoms with van der Waals surface area (Å²) in [6.45, 7) is 3.42. The molecule has 35 heavy (non-hydrogen) atoms. The molecule has 0 aliphatic heterocycles. The molecule has 3 aromatic rings. The second-order valence-electron chi connectivity index (χ2n) is 6.96. The Morgan fingerprint density at radius 2 is 1.86 bits per heavy atom. The van der Waals surface area contributed by atoms with Gasteiger partial charge in [0, 0.05) is 16.7 Å². The average molecular weight is 533 g/mol. The van der Waals surface area contributed by atoms with Crippen LogP contribution in [0.2, 0.25) is 5.02 Å². The van der Waals surface area contributed by atoms with Gasteiger partial charge in [0.2, 0.25) is 5.91 Å². The van der Waals surface area contributed by atoms with Crippen molar-refractivity contribution in [3.63, 3.8) is 0 Å². The van der Waals surface area contributed by atoms with Gasteiger partial charge in [-0.05, 0) is 74.1 Å². The van der Waals surface area contributed by atoms with Crippen molar-refractivity contribution in [2.45, 2.75) is 13.8 Å². The molecule has 3 rings (SSSR count). The number of hydrogen-bond donors (Lipinski definition) is 2. The standard InChI is InChI=1S/C24H21ClN2O6S2/c1-4-32-22(29)19-13(2)20(23(30)31-3)35-21(19)27-24(34)26-18(28)12-10-16-9-11-17(33-16)14-5-7-15(25)8-6-14/h5-12H,4H2,1-3H3,(H2,26,27,28,34). The van der Waals surface area contributed by atoms with Crippen molar-refractivity contribution in [1.82, 2.24) is 5.32 Å². The minimum absolute atomic E-state index is 0.0656. The number of furan rings is 1. The van der Waals surface area contributed by atoms with Crippen LogP contribution in [0.1, 0.15) is 38.3 Å². The number of anilines is 1. The number of ether oxygens (including phenoxy) is 2. The first-order valence-corrected chi connectivity index (χ1v) is 11.9. The van der Waals surface area contributed by atoms with E-state index in [4.69, 9.17) is 37.7 Å². The van der Waals surface area contributed by atoms with Gasteiger partial charge < -0.3 is 19.2 Å². The number of carbonyl (C=O) groups excluding carboxylic acids is 3. The highest BCUT2D eigenvalue weighted by Gasteiger charge is 2.26. The van der Waals surface area contributed by atoms with Crippen molar-refractivity contribution < 1.29 is 28.3 Å². The normalized spacial score (nSPS) is 10.7. The third-order valence-corrected chi connectivity index (χ3v) is 6.26. The number of thiocarbonyl (C=S) groups is 1. The number of hydrogen-bond acceptors (Lipinski definition) is 8. The van der Waals surface area contributed by atoms with E-state index in [2.05, 4.69) is 10.6 Å². The van der Waals surface area contributed by atoms with Gasteiger partial charge in [-0.2, -0.15) is 0 Å². The molecule has 1 aromatic carbocycles. The van der Waals surface area contributed by atoms with Crippen molar-refractivity contribution in [2.24, 2.45) is 0 Å². The number of amides is 1. The quantitative estimate of drug-likeness (QED) is 0.235. The number of thiophene rings is 1. The number of nitrogens with one attached hydrogen (secondary N) is 2. The highest BCUT2D eigenvalue weighted by Crippen LogP contribution is 2.34. The number of carbonyl (C=O) groups is 3. The lowest BCUT2D eigenvalue weighted by Crippen LogP contribution is -2.33. The van der Waals surface area contributed by atoms with E-state index in [0.29, 0.717) is 22.1 Å². The van der Waals surface area contributed by atoms with Crippen LogP contribution < -0.4 is 10.6 Å². The summed E-state index contributed by atoms with van der Waals surface area (Å²) in [5.41, 5.74) is 1.39. The van der Waals surface area contributed by atoms with Crippen LogP contribution in [0.4, 0.5) is 5.00 Å². The lowest BCUT2D eigenvalue weighted by atomic mass is 10.1. The minimum Gasteiger partial charge on any atom is -0.465 e. The lowest BCUT2D eigenvalue weighted by Gasteiger charge is -2.09. The van der Waals surface area contributed by atoms with Gasteiger partial charge >= 0.3 is 11.9 Å². The van der Waals surface area contributed by atoms with Crippen molar-refractivity contribution in [2.75, 3.05) is 19.0 Å². The van der Waals surface area contributed by atoms with Gasteiger partial charge in [-0.15, -0.1) is 11.3 Å². The van der Waals surface area contributed by atoms with Crippen molar-refractivity contribution in [3.8, 4) is 11.3 Å². The molecule has 0 aliphatic rings. The van der Waals surface area contributed by atoms with E-state index in [1.54, 1.807) is 38.1 Å². The molecule has 2 N–H and O–H groups in total. The van der Waals surface area contributed by atoms with Gasteiger partial charge in [-0.25, -0.2) is 9.59 Å². The van der Waals surface area contributed by atoms with E-state index in [1.165, 1.54) is 19.3 Å². The fraction of sp³-hybridized carbons (Fsp3) is 0.167. The average Bonchev–Trinajstić information content (AvgIpc) is 3.42. The van der Waals surface area contributed by atoms with Gasteiger partial charge in [-0.3, -0.25) is 10.1 Å². The lowest BCUT2D eigenvalue weighted by molar-refractivity contribution is -0.115. The van der Waals surface area contributed by atoms with E-state index in [0.717, 1.165) is 16.9 Å². The number of methoxy groups -OCH3 is 1. The first-order valence-electron chi connectivity index (χ1n) is 10.3. The molecule has 11 heteroatoms. The fourth-order valence-electron chi connectivity index (χ4n) is 3.00. The zero-order valence-electron chi connectivity index (χ0n) is 19.0. The third-order valence-electron chi connectivity index (χ3n) is 4.62. The first-order chi connectivity index (χ1) is 16.7. The van der Waals surface area contributed by atoms with Gasteiger partial charge in [0.15, 0.2) is 5.11 Å². The van der Waals surface area contributed by atoms with E-state index >= 15 is 0 Å². The minimum atomic E-state index is -0.623. The molecule has 0 saturated heterocycles. The Morgan fingerprint density at radius 3 is 2.51 bits per heavy atom. The van der Waals surface area contributed by atoms with E-state index in [1.807, 2.05) is 12.1 Å². The molecule has 182 valence electrons. The van der Waals surface area contributed by atoms with Crippen LogP contribution in [0.3, 0.4) is 0 Å². The number of halogens is 1. The summed E-state index contributed by atoms with van der Waals surface area (Å²) < 4.78 is 15.6. The maximum atomic E-state index is 12.4. The van der Waals surface area contributed by atoms with E-state index < -0.39 is 17.8 Å². The second kappa shape index (κ2) is 11.8. The smallest absolute Gasteiger partial charge is 0.348 e. The number of benzene rings is 1. The molecule has 0 bridgehead atoms. The molecule has 2 heterocycles. The topological polar surface area (TPSA) is 107 Å². The zero-order valence-corrected chi connectivity index (χ0v) is 21.4. The van der Waals surface area contributed by atoms with Gasteiger partial charge in [0.25, 0.3) is 0 Å². The molecule has 0 spiro atoms. The van der Waals surface area contributed by atoms with Crippen LogP contribution in [0, 0.1) is 6.92 Å². The maximum absolute atomic E-state index is 12.4. The molecule has 2 aromatic heterocycles. The summed E-state index contributed by atoms with van der Waals surface area (Å²) in [5, 5.41) is 6.09. The summed E-state index contributed by atoms with van der Waals surface area (Å²) in [6.07, 6.45) is 2.75. The summed E-state index contributed by atoms with van der Waals surface area (Å²) in [5.74, 6) is -0.654. The number of rotatable bonds is 7. The van der Waals surface area contributed by atoms with Crippen LogP contribution in [0.5, 0.6) is 0 Å². The highest BCUT2D eigenvalue weighted by molar-refractivity contribution is 7.80. The molecule has 0 fully saturated rings. The Balaban J connectivity index is 1.68. The molecule has 0 aliphatic carbocycles. The second-order valence-corrected chi connectivity index (χ2v) is 8.82. The largest absolute Gasteiger partial charge is 0.465 e. The predicted octanol–water partition coefficient (Wildman–Crippen LogP) is 5.46. The number of esters is 2. The Kier molecular flexibility index (Phi) is 8.80. The van der Waals surface area contributed by atoms with E-state index in [-0.39, 0.29) is 27.2 Å². The van der Waals surface area contributed by atoms with Gasteiger partial charge in [0.05, 0.1) is 19.3 Å². The Morgan fingerprint density at radius 1 is 1.14 bits per heavy atom. The molecule has 8 nitrogen and oxygen atoms in total. The Labute approximate surface area is 215 Å². The van der Waals surface area contributed by atoms with Crippen LogP contribution in [-0.4, -0.2) is 36.7 Å². The summed E-state index contributed by atoms with van der Waals surface area (Å²) >= 11 is 12.1. The summed E-state index contributed by atoms with van der Waals surface area (Å²) in [6, 6.07) is 10.7. The SMILES string of the molecule is CCOC(=O)c1c(NC(=S)NC(=O)C=Cc2ccc(-c3ccc(Cl)cc3)o2)sc(C(=O)OC)c1C. The van der Waals surface area contributed by atoms with Crippen LogP contribution in [-0.2, 0) is 14.3 Å². The van der Waals surface area contributed by atoms with Crippen molar-refractivity contribution in [1.29, 1.82) is 0 Å². The molecule has 0 unspecified atom stereocenters. The van der Waals surface area contributed by atoms with Gasteiger partial charge in [0.1, 0.15) is 21.4 Å². The molecule has 0 atom stereocenters. The third kappa shape index (κ3) is 6.56. The maximum Gasteiger partial charge on any atom is 0.348 e. The Bertz CT molecular complexity index is 1290. The summed E-state index contributed by atoms with van der Waals surface area (Å²) in [4.78, 5) is 37.0. The molecular weight excluding hydrogens is 512 g/mol. The monoisotopic (exact) mass is 532 g/mol. The van der Waals surface area contributed by atoms with Crippen LogP contribution in [0.25, 0.3) is 17.4 Å². The van der Waals surface area contributed by atoms with E-state index in [9.17, 15) is 14.4 Å².